The van der Waals surface area contributed by atoms with E-state index in [0.717, 1.165) is 21.3 Å². The monoisotopic (exact) mass is 363 g/mol. The Hall–Kier alpha value is -1.92. The van der Waals surface area contributed by atoms with E-state index in [-0.39, 0.29) is 0 Å². The van der Waals surface area contributed by atoms with Crippen molar-refractivity contribution < 1.29 is 0 Å². The zero-order valence-electron chi connectivity index (χ0n) is 11.1. The lowest BCUT2D eigenvalue weighted by molar-refractivity contribution is 0.787. The van der Waals surface area contributed by atoms with E-state index in [1.807, 2.05) is 31.2 Å². The summed E-state index contributed by atoms with van der Waals surface area (Å²) in [5.74, 6) is 0.611. The zero-order chi connectivity index (χ0) is 15.0. The molecule has 7 heteroatoms. The Morgan fingerprint density at radius 3 is 2.81 bits per heavy atom. The molecule has 0 saturated carbocycles. The predicted octanol–water partition coefficient (Wildman–Crippen LogP) is 3.64. The molecule has 3 aromatic rings. The van der Waals surface area contributed by atoms with E-state index in [1.165, 1.54) is 0 Å². The Balaban J connectivity index is 2.17. The van der Waals surface area contributed by atoms with Gasteiger partial charge in [0.15, 0.2) is 5.82 Å². The molecule has 3 rings (SSSR count). The van der Waals surface area contributed by atoms with Crippen LogP contribution in [0.15, 0.2) is 40.9 Å². The van der Waals surface area contributed by atoms with Gasteiger partial charge in [-0.25, -0.2) is 0 Å². The summed E-state index contributed by atoms with van der Waals surface area (Å²) in [7, 11) is 0. The number of tetrazole rings is 1. The number of anilines is 1. The van der Waals surface area contributed by atoms with Crippen LogP contribution in [-0.2, 0) is 0 Å². The van der Waals surface area contributed by atoms with Crippen LogP contribution in [0.25, 0.3) is 17.1 Å². The molecule has 0 spiro atoms. The molecule has 0 aliphatic rings. The molecule has 0 bridgehead atoms. The summed E-state index contributed by atoms with van der Waals surface area (Å²) in [6, 6.07) is 11.2. The minimum atomic E-state index is 0.495. The quantitative estimate of drug-likeness (QED) is 0.705. The van der Waals surface area contributed by atoms with Gasteiger partial charge in [-0.3, -0.25) is 0 Å². The largest absolute Gasteiger partial charge is 0.398 e. The number of nitrogen functional groups attached to an aromatic ring is 1. The molecule has 0 atom stereocenters. The van der Waals surface area contributed by atoms with E-state index in [1.54, 1.807) is 16.8 Å². The highest BCUT2D eigenvalue weighted by Crippen LogP contribution is 2.28. The number of rotatable bonds is 2. The molecular formula is C14H11BrClN5. The molecule has 2 N–H and O–H groups in total. The first-order chi connectivity index (χ1) is 10.1. The topological polar surface area (TPSA) is 69.6 Å². The Morgan fingerprint density at radius 1 is 1.24 bits per heavy atom. The molecule has 1 aromatic heterocycles. The Bertz CT molecular complexity index is 815. The molecule has 0 radical (unpaired) electrons. The smallest absolute Gasteiger partial charge is 0.187 e. The van der Waals surface area contributed by atoms with Gasteiger partial charge in [-0.2, -0.15) is 4.68 Å². The molecule has 0 aliphatic carbocycles. The van der Waals surface area contributed by atoms with Crippen LogP contribution in [0.4, 0.5) is 5.69 Å². The van der Waals surface area contributed by atoms with Crippen molar-refractivity contribution in [3.8, 4) is 17.1 Å². The third kappa shape index (κ3) is 2.52. The molecule has 5 nitrogen and oxygen atoms in total. The van der Waals surface area contributed by atoms with Gasteiger partial charge in [0.25, 0.3) is 0 Å². The first-order valence-corrected chi connectivity index (χ1v) is 7.34. The average molecular weight is 365 g/mol. The van der Waals surface area contributed by atoms with Crippen LogP contribution in [0.2, 0.25) is 5.02 Å². The summed E-state index contributed by atoms with van der Waals surface area (Å²) in [5.41, 5.74) is 9.10. The summed E-state index contributed by atoms with van der Waals surface area (Å²) in [6.45, 7) is 2.00. The van der Waals surface area contributed by atoms with Crippen molar-refractivity contribution in [1.82, 2.24) is 20.2 Å². The highest BCUT2D eigenvalue weighted by Gasteiger charge is 2.14. The second-order valence-electron chi connectivity index (χ2n) is 4.53. The minimum Gasteiger partial charge on any atom is -0.398 e. The lowest BCUT2D eigenvalue weighted by Gasteiger charge is -2.09. The van der Waals surface area contributed by atoms with Crippen LogP contribution in [0.3, 0.4) is 0 Å². The maximum absolute atomic E-state index is 5.96. The van der Waals surface area contributed by atoms with Gasteiger partial charge in [-0.1, -0.05) is 33.6 Å². The van der Waals surface area contributed by atoms with Gasteiger partial charge in [0.2, 0.25) is 0 Å². The van der Waals surface area contributed by atoms with Crippen molar-refractivity contribution in [2.24, 2.45) is 0 Å². The molecule has 0 fully saturated rings. The third-order valence-electron chi connectivity index (χ3n) is 3.19. The van der Waals surface area contributed by atoms with E-state index in [2.05, 4.69) is 31.5 Å². The maximum atomic E-state index is 5.96. The SMILES string of the molecule is Cc1c(Br)cccc1-n1nnnc1-c1ccc(Cl)c(N)c1. The summed E-state index contributed by atoms with van der Waals surface area (Å²) >= 11 is 9.47. The molecule has 106 valence electrons. The van der Waals surface area contributed by atoms with Gasteiger partial charge in [0, 0.05) is 10.0 Å². The lowest BCUT2D eigenvalue weighted by atomic mass is 10.1. The van der Waals surface area contributed by atoms with E-state index in [4.69, 9.17) is 17.3 Å². The number of nitrogens with zero attached hydrogens (tertiary/aromatic N) is 4. The molecular weight excluding hydrogens is 354 g/mol. The fourth-order valence-electron chi connectivity index (χ4n) is 2.04. The van der Waals surface area contributed by atoms with Crippen LogP contribution < -0.4 is 5.73 Å². The first kappa shape index (κ1) is 14.0. The Morgan fingerprint density at radius 2 is 2.05 bits per heavy atom. The van der Waals surface area contributed by atoms with Crippen LogP contribution in [0, 0.1) is 6.92 Å². The van der Waals surface area contributed by atoms with E-state index < -0.39 is 0 Å². The summed E-state index contributed by atoms with van der Waals surface area (Å²) in [4.78, 5) is 0. The van der Waals surface area contributed by atoms with Gasteiger partial charge in [-0.05, 0) is 53.2 Å². The number of benzene rings is 2. The number of aromatic nitrogens is 4. The fourth-order valence-corrected chi connectivity index (χ4v) is 2.51. The number of hydrogen-bond acceptors (Lipinski definition) is 4. The molecule has 0 aliphatic heterocycles. The van der Waals surface area contributed by atoms with Gasteiger partial charge in [0.1, 0.15) is 0 Å². The molecule has 0 unspecified atom stereocenters. The van der Waals surface area contributed by atoms with Crippen molar-refractivity contribution in [1.29, 1.82) is 0 Å². The number of halogens is 2. The highest BCUT2D eigenvalue weighted by atomic mass is 79.9. The Kier molecular flexibility index (Phi) is 3.65. The Labute approximate surface area is 134 Å². The summed E-state index contributed by atoms with van der Waals surface area (Å²) in [5, 5.41) is 12.5. The first-order valence-electron chi connectivity index (χ1n) is 6.17. The summed E-state index contributed by atoms with van der Waals surface area (Å²) in [6.07, 6.45) is 0. The fraction of sp³-hybridized carbons (Fsp3) is 0.0714. The molecule has 0 amide bonds. The zero-order valence-corrected chi connectivity index (χ0v) is 13.4. The lowest BCUT2D eigenvalue weighted by Crippen LogP contribution is -2.02. The van der Waals surface area contributed by atoms with Crippen LogP contribution in [0.5, 0.6) is 0 Å². The second-order valence-corrected chi connectivity index (χ2v) is 5.80. The molecule has 21 heavy (non-hydrogen) atoms. The highest BCUT2D eigenvalue weighted by molar-refractivity contribution is 9.10. The number of nitrogens with two attached hydrogens (primary N) is 1. The van der Waals surface area contributed by atoms with Crippen LogP contribution >= 0.6 is 27.5 Å². The normalized spacial score (nSPS) is 10.8. The maximum Gasteiger partial charge on any atom is 0.187 e. The minimum absolute atomic E-state index is 0.495. The van der Waals surface area contributed by atoms with Gasteiger partial charge in [0.05, 0.1) is 16.4 Å². The van der Waals surface area contributed by atoms with E-state index in [0.29, 0.717) is 16.5 Å². The van der Waals surface area contributed by atoms with Crippen LogP contribution in [0.1, 0.15) is 5.56 Å². The molecule has 2 aromatic carbocycles. The van der Waals surface area contributed by atoms with Crippen LogP contribution in [-0.4, -0.2) is 20.2 Å². The number of hydrogen-bond donors (Lipinski definition) is 1. The second kappa shape index (κ2) is 5.46. The standard InChI is InChI=1S/C14H11BrClN5/c1-8-10(15)3-2-4-13(8)21-14(18-19-20-21)9-5-6-11(16)12(17)7-9/h2-7H,17H2,1H3. The summed E-state index contributed by atoms with van der Waals surface area (Å²) < 4.78 is 2.68. The molecule has 0 saturated heterocycles. The van der Waals surface area contributed by atoms with Gasteiger partial charge < -0.3 is 5.73 Å². The van der Waals surface area contributed by atoms with Gasteiger partial charge >= 0.3 is 0 Å². The third-order valence-corrected chi connectivity index (χ3v) is 4.39. The van der Waals surface area contributed by atoms with Crippen molar-refractivity contribution in [3.63, 3.8) is 0 Å². The van der Waals surface area contributed by atoms with Crippen molar-refractivity contribution >= 4 is 33.2 Å². The van der Waals surface area contributed by atoms with Gasteiger partial charge in [-0.15, -0.1) is 5.10 Å². The van der Waals surface area contributed by atoms with Crippen molar-refractivity contribution in [2.45, 2.75) is 6.92 Å². The average Bonchev–Trinajstić information content (AvgIpc) is 2.94. The van der Waals surface area contributed by atoms with Crippen molar-refractivity contribution in [3.05, 3.63) is 51.5 Å². The molecule has 1 heterocycles. The van der Waals surface area contributed by atoms with Crippen molar-refractivity contribution in [2.75, 3.05) is 5.73 Å². The van der Waals surface area contributed by atoms with E-state index in [9.17, 15) is 0 Å². The predicted molar refractivity (Wildman–Crippen MR) is 86.4 cm³/mol. The van der Waals surface area contributed by atoms with E-state index >= 15 is 0 Å².